The molecule has 1 fully saturated rings. The van der Waals surface area contributed by atoms with Crippen LogP contribution in [0, 0.1) is 5.92 Å². The first-order valence-corrected chi connectivity index (χ1v) is 9.54. The fourth-order valence-electron chi connectivity index (χ4n) is 2.94. The van der Waals surface area contributed by atoms with Gasteiger partial charge in [0.25, 0.3) is 0 Å². The van der Waals surface area contributed by atoms with Crippen LogP contribution in [0.25, 0.3) is 5.69 Å². The van der Waals surface area contributed by atoms with E-state index in [4.69, 9.17) is 9.47 Å². The fraction of sp³-hybridized carbons (Fsp3) is 0.500. The van der Waals surface area contributed by atoms with Crippen LogP contribution in [0.5, 0.6) is 0 Å². The van der Waals surface area contributed by atoms with Crippen molar-refractivity contribution in [1.29, 1.82) is 0 Å². The number of aromatic nitrogens is 2. The molecule has 1 unspecified atom stereocenters. The highest BCUT2D eigenvalue weighted by Crippen LogP contribution is 2.12. The van der Waals surface area contributed by atoms with Crippen LogP contribution >= 0.6 is 24.0 Å². The minimum Gasteiger partial charge on any atom is -0.381 e. The van der Waals surface area contributed by atoms with Gasteiger partial charge in [0.2, 0.25) is 0 Å². The van der Waals surface area contributed by atoms with E-state index in [-0.39, 0.29) is 24.0 Å². The molecule has 0 saturated carbocycles. The molecule has 1 aliphatic heterocycles. The summed E-state index contributed by atoms with van der Waals surface area (Å²) >= 11 is 0. The van der Waals surface area contributed by atoms with Crippen LogP contribution in [0.15, 0.2) is 47.7 Å². The van der Waals surface area contributed by atoms with E-state index in [2.05, 4.69) is 45.0 Å². The van der Waals surface area contributed by atoms with Crippen molar-refractivity contribution in [3.05, 3.63) is 48.3 Å². The lowest BCUT2D eigenvalue weighted by atomic mass is 10.1. The van der Waals surface area contributed by atoms with E-state index in [9.17, 15) is 0 Å². The second-order valence-electron chi connectivity index (χ2n) is 6.63. The summed E-state index contributed by atoms with van der Waals surface area (Å²) in [6.07, 6.45) is 5.79. The number of ether oxygens (including phenoxy) is 2. The Labute approximate surface area is 183 Å². The van der Waals surface area contributed by atoms with Gasteiger partial charge in [0, 0.05) is 51.7 Å². The molecule has 1 saturated heterocycles. The average molecular weight is 499 g/mol. The van der Waals surface area contributed by atoms with Gasteiger partial charge in [-0.3, -0.25) is 4.99 Å². The van der Waals surface area contributed by atoms with E-state index >= 15 is 0 Å². The van der Waals surface area contributed by atoms with E-state index in [1.165, 1.54) is 5.56 Å². The van der Waals surface area contributed by atoms with Gasteiger partial charge in [-0.25, -0.2) is 4.68 Å². The number of rotatable bonds is 9. The molecule has 1 aromatic heterocycles. The zero-order chi connectivity index (χ0) is 18.7. The molecule has 1 atom stereocenters. The summed E-state index contributed by atoms with van der Waals surface area (Å²) in [4.78, 5) is 4.27. The summed E-state index contributed by atoms with van der Waals surface area (Å²) in [5.74, 6) is 1.38. The van der Waals surface area contributed by atoms with Gasteiger partial charge in [-0.1, -0.05) is 12.1 Å². The van der Waals surface area contributed by atoms with E-state index in [1.54, 1.807) is 13.2 Å². The highest BCUT2D eigenvalue weighted by molar-refractivity contribution is 14.0. The molecule has 0 spiro atoms. The first kappa shape index (κ1) is 22.6. The van der Waals surface area contributed by atoms with Crippen molar-refractivity contribution < 1.29 is 9.47 Å². The van der Waals surface area contributed by atoms with Gasteiger partial charge in [-0.15, -0.1) is 24.0 Å². The van der Waals surface area contributed by atoms with E-state index < -0.39 is 0 Å². The Morgan fingerprint density at radius 2 is 2.18 bits per heavy atom. The maximum absolute atomic E-state index is 5.72. The molecule has 0 amide bonds. The Hall–Kier alpha value is -1.65. The number of nitrogens with one attached hydrogen (secondary N) is 2. The van der Waals surface area contributed by atoms with Gasteiger partial charge in [0.05, 0.1) is 18.9 Å². The van der Waals surface area contributed by atoms with Crippen LogP contribution in [-0.4, -0.2) is 55.8 Å². The van der Waals surface area contributed by atoms with Crippen LogP contribution in [0.4, 0.5) is 0 Å². The highest BCUT2D eigenvalue weighted by Gasteiger charge is 2.15. The molecule has 2 N–H and O–H groups in total. The first-order valence-electron chi connectivity index (χ1n) is 9.54. The molecule has 2 aromatic rings. The van der Waals surface area contributed by atoms with Gasteiger partial charge >= 0.3 is 0 Å². The standard InChI is InChI=1S/C20H29N5O2.HI/c1-21-20(22-9-3-12-26-15-18-8-13-27-16-18)23-14-17-4-6-19(7-5-17)25-11-2-10-24-25;/h2,4-7,10-11,18H,3,8-9,12-16H2,1H3,(H2,21,22,23);1H. The number of hydrogen-bond donors (Lipinski definition) is 2. The Morgan fingerprint density at radius 1 is 1.32 bits per heavy atom. The van der Waals surface area contributed by atoms with Crippen LogP contribution in [-0.2, 0) is 16.0 Å². The Kier molecular flexibility index (Phi) is 10.3. The monoisotopic (exact) mass is 499 g/mol. The van der Waals surface area contributed by atoms with Crippen molar-refractivity contribution in [2.45, 2.75) is 19.4 Å². The number of guanidine groups is 1. The zero-order valence-electron chi connectivity index (χ0n) is 16.3. The topological polar surface area (TPSA) is 72.7 Å². The molecule has 3 rings (SSSR count). The van der Waals surface area contributed by atoms with Gasteiger partial charge in [-0.05, 0) is 36.6 Å². The third-order valence-electron chi connectivity index (χ3n) is 4.52. The lowest BCUT2D eigenvalue weighted by molar-refractivity contribution is 0.0888. The SMILES string of the molecule is CN=C(NCCCOCC1CCOC1)NCc1ccc(-n2cccn2)cc1.I. The molecule has 0 bridgehead atoms. The molecular formula is C20H30IN5O2. The minimum absolute atomic E-state index is 0. The van der Waals surface area contributed by atoms with Gasteiger partial charge in [-0.2, -0.15) is 5.10 Å². The quantitative estimate of drug-likeness (QED) is 0.240. The third kappa shape index (κ3) is 7.40. The molecule has 2 heterocycles. The number of aliphatic imine (C=N–C) groups is 1. The summed E-state index contributed by atoms with van der Waals surface area (Å²) in [5.41, 5.74) is 2.24. The van der Waals surface area contributed by atoms with E-state index in [0.717, 1.165) is 64.0 Å². The molecule has 0 radical (unpaired) electrons. The molecular weight excluding hydrogens is 469 g/mol. The van der Waals surface area contributed by atoms with Crippen molar-refractivity contribution in [2.24, 2.45) is 10.9 Å². The van der Waals surface area contributed by atoms with Crippen LogP contribution in [0.2, 0.25) is 0 Å². The Bertz CT molecular complexity index is 685. The molecule has 1 aromatic carbocycles. The van der Waals surface area contributed by atoms with Crippen molar-refractivity contribution >= 4 is 29.9 Å². The number of halogens is 1. The third-order valence-corrected chi connectivity index (χ3v) is 4.52. The molecule has 0 aliphatic carbocycles. The smallest absolute Gasteiger partial charge is 0.191 e. The summed E-state index contributed by atoms with van der Waals surface area (Å²) in [7, 11) is 1.78. The lowest BCUT2D eigenvalue weighted by Crippen LogP contribution is -2.37. The minimum atomic E-state index is 0. The number of nitrogens with zero attached hydrogens (tertiary/aromatic N) is 3. The maximum Gasteiger partial charge on any atom is 0.191 e. The predicted molar refractivity (Wildman–Crippen MR) is 122 cm³/mol. The molecule has 1 aliphatic rings. The van der Waals surface area contributed by atoms with E-state index in [0.29, 0.717) is 5.92 Å². The Morgan fingerprint density at radius 3 is 2.86 bits per heavy atom. The summed E-state index contributed by atoms with van der Waals surface area (Å²) in [5, 5.41) is 10.9. The van der Waals surface area contributed by atoms with Crippen molar-refractivity contribution in [3.63, 3.8) is 0 Å². The zero-order valence-corrected chi connectivity index (χ0v) is 18.7. The largest absolute Gasteiger partial charge is 0.381 e. The summed E-state index contributed by atoms with van der Waals surface area (Å²) in [6, 6.07) is 10.2. The summed E-state index contributed by atoms with van der Waals surface area (Å²) < 4.78 is 12.9. The van der Waals surface area contributed by atoms with Crippen molar-refractivity contribution in [3.8, 4) is 5.69 Å². The summed E-state index contributed by atoms with van der Waals surface area (Å²) in [6.45, 7) is 4.84. The Balaban J connectivity index is 0.00000280. The van der Waals surface area contributed by atoms with E-state index in [1.807, 2.05) is 16.9 Å². The number of benzene rings is 1. The van der Waals surface area contributed by atoms with Gasteiger partial charge in [0.15, 0.2) is 5.96 Å². The maximum atomic E-state index is 5.72. The normalized spacial score (nSPS) is 16.6. The van der Waals surface area contributed by atoms with Gasteiger partial charge < -0.3 is 20.1 Å². The number of hydrogen-bond acceptors (Lipinski definition) is 4. The second-order valence-corrected chi connectivity index (χ2v) is 6.63. The van der Waals surface area contributed by atoms with Crippen molar-refractivity contribution in [1.82, 2.24) is 20.4 Å². The van der Waals surface area contributed by atoms with Crippen LogP contribution < -0.4 is 10.6 Å². The van der Waals surface area contributed by atoms with Gasteiger partial charge in [0.1, 0.15) is 0 Å². The molecule has 154 valence electrons. The molecule has 8 heteroatoms. The predicted octanol–water partition coefficient (Wildman–Crippen LogP) is 2.60. The highest BCUT2D eigenvalue weighted by atomic mass is 127. The van der Waals surface area contributed by atoms with Crippen LogP contribution in [0.3, 0.4) is 0 Å². The van der Waals surface area contributed by atoms with Crippen molar-refractivity contribution in [2.75, 3.05) is 40.0 Å². The second kappa shape index (κ2) is 12.7. The first-order chi connectivity index (χ1) is 13.3. The fourth-order valence-corrected chi connectivity index (χ4v) is 2.94. The molecule has 7 nitrogen and oxygen atoms in total. The average Bonchev–Trinajstić information content (AvgIpc) is 3.41. The lowest BCUT2D eigenvalue weighted by Gasteiger charge is -2.13. The van der Waals surface area contributed by atoms with Crippen LogP contribution in [0.1, 0.15) is 18.4 Å². The molecule has 28 heavy (non-hydrogen) atoms.